The Labute approximate surface area is 220 Å². The third-order valence-corrected chi connectivity index (χ3v) is 7.73. The Bertz CT molecular complexity index is 1370. The van der Waals surface area contributed by atoms with Crippen LogP contribution in [0.3, 0.4) is 0 Å². The molecule has 1 fully saturated rings. The number of carbonyl (C=O) groups excluding carboxylic acids is 1. The van der Waals surface area contributed by atoms with E-state index in [4.69, 9.17) is 0 Å². The summed E-state index contributed by atoms with van der Waals surface area (Å²) in [4.78, 5) is 13.1. The summed E-state index contributed by atoms with van der Waals surface area (Å²) in [7, 11) is 0. The zero-order valence-electron chi connectivity index (χ0n) is 21.5. The van der Waals surface area contributed by atoms with Crippen LogP contribution in [0.5, 0.6) is 0 Å². The molecule has 0 aliphatic heterocycles. The van der Waals surface area contributed by atoms with E-state index in [2.05, 4.69) is 102 Å². The van der Waals surface area contributed by atoms with Crippen molar-refractivity contribution in [2.75, 3.05) is 6.61 Å². The normalized spacial score (nSPS) is 16.2. The van der Waals surface area contributed by atoms with E-state index in [0.29, 0.717) is 0 Å². The van der Waals surface area contributed by atoms with Gasteiger partial charge in [-0.2, -0.15) is 0 Å². The van der Waals surface area contributed by atoms with Crippen molar-refractivity contribution < 1.29 is 9.90 Å². The molecule has 1 unspecified atom stereocenters. The fourth-order valence-electron chi connectivity index (χ4n) is 5.61. The Morgan fingerprint density at radius 3 is 1.92 bits per heavy atom. The minimum atomic E-state index is -0.110. The van der Waals surface area contributed by atoms with Gasteiger partial charge in [-0.05, 0) is 58.4 Å². The number of hydrogen-bond donors (Lipinski definition) is 2. The van der Waals surface area contributed by atoms with Crippen LogP contribution in [0.15, 0.2) is 97.1 Å². The van der Waals surface area contributed by atoms with Crippen molar-refractivity contribution in [2.24, 2.45) is 11.8 Å². The van der Waals surface area contributed by atoms with E-state index in [9.17, 15) is 9.90 Å². The second-order valence-corrected chi connectivity index (χ2v) is 10.5. The van der Waals surface area contributed by atoms with Gasteiger partial charge in [-0.25, -0.2) is 0 Å². The fraction of sp³-hybridized carbons (Fsp3) is 0.324. The summed E-state index contributed by atoms with van der Waals surface area (Å²) in [6, 6.07) is 29.7. The number of hydrogen-bond acceptors (Lipinski definition) is 2. The van der Waals surface area contributed by atoms with Crippen molar-refractivity contribution in [3.63, 3.8) is 0 Å². The van der Waals surface area contributed by atoms with Crippen molar-refractivity contribution in [3.05, 3.63) is 108 Å². The van der Waals surface area contributed by atoms with E-state index < -0.39 is 0 Å². The highest BCUT2D eigenvalue weighted by Gasteiger charge is 2.23. The lowest BCUT2D eigenvalue weighted by Crippen LogP contribution is -2.39. The van der Waals surface area contributed by atoms with Gasteiger partial charge in [-0.3, -0.25) is 4.79 Å². The largest absolute Gasteiger partial charge is 0.396 e. The van der Waals surface area contributed by atoms with Crippen molar-refractivity contribution in [1.82, 2.24) is 5.32 Å². The lowest BCUT2D eigenvalue weighted by atomic mass is 9.88. The highest BCUT2D eigenvalue weighted by molar-refractivity contribution is 5.84. The van der Waals surface area contributed by atoms with Crippen molar-refractivity contribution in [1.29, 1.82) is 0 Å². The molecule has 1 amide bonds. The highest BCUT2D eigenvalue weighted by atomic mass is 16.3. The second kappa shape index (κ2) is 12.2. The average molecular weight is 492 g/mol. The van der Waals surface area contributed by atoms with Crippen LogP contribution >= 0.6 is 0 Å². The van der Waals surface area contributed by atoms with Gasteiger partial charge in [0.2, 0.25) is 5.91 Å². The van der Waals surface area contributed by atoms with Gasteiger partial charge in [0.05, 0.1) is 6.04 Å². The SMILES string of the molecule is O=C(N[C@@H](/C=C/C(CO)Cc1ccc2ccccc2c1)Cc1ccc2ccccc2c1)C1CCCCC1. The summed E-state index contributed by atoms with van der Waals surface area (Å²) in [5.41, 5.74) is 2.41. The van der Waals surface area contributed by atoms with Crippen LogP contribution in [0.4, 0.5) is 0 Å². The number of aliphatic hydroxyl groups excluding tert-OH is 1. The molecule has 0 heterocycles. The molecule has 0 bridgehead atoms. The van der Waals surface area contributed by atoms with Gasteiger partial charge in [0.25, 0.3) is 0 Å². The molecule has 4 aromatic rings. The molecular formula is C34H37NO2. The maximum atomic E-state index is 13.1. The van der Waals surface area contributed by atoms with E-state index >= 15 is 0 Å². The third-order valence-electron chi connectivity index (χ3n) is 7.73. The molecule has 190 valence electrons. The van der Waals surface area contributed by atoms with Gasteiger partial charge in [-0.1, -0.05) is 116 Å². The number of fused-ring (bicyclic) bond motifs is 2. The van der Waals surface area contributed by atoms with Crippen LogP contribution in [0, 0.1) is 11.8 Å². The Morgan fingerprint density at radius 2 is 1.32 bits per heavy atom. The Hall–Kier alpha value is -3.43. The van der Waals surface area contributed by atoms with E-state index in [1.165, 1.54) is 39.1 Å². The number of carbonyl (C=O) groups is 1. The molecule has 2 atom stereocenters. The summed E-state index contributed by atoms with van der Waals surface area (Å²) in [6.07, 6.45) is 11.2. The van der Waals surface area contributed by atoms with Crippen LogP contribution in [-0.2, 0) is 17.6 Å². The lowest BCUT2D eigenvalue weighted by molar-refractivity contribution is -0.126. The van der Waals surface area contributed by atoms with Gasteiger partial charge in [0.15, 0.2) is 0 Å². The first-order chi connectivity index (χ1) is 18.2. The van der Waals surface area contributed by atoms with E-state index in [1.54, 1.807) is 0 Å². The Morgan fingerprint density at radius 1 is 0.757 bits per heavy atom. The molecule has 3 heteroatoms. The van der Waals surface area contributed by atoms with Gasteiger partial charge in [-0.15, -0.1) is 0 Å². The number of amides is 1. The summed E-state index contributed by atoms with van der Waals surface area (Å²) < 4.78 is 0. The molecule has 0 radical (unpaired) electrons. The van der Waals surface area contributed by atoms with Crippen molar-refractivity contribution >= 4 is 27.5 Å². The maximum absolute atomic E-state index is 13.1. The van der Waals surface area contributed by atoms with Crippen molar-refractivity contribution in [3.8, 4) is 0 Å². The molecule has 0 aromatic heterocycles. The predicted octanol–water partition coefficient (Wildman–Crippen LogP) is 7.01. The molecule has 37 heavy (non-hydrogen) atoms. The lowest BCUT2D eigenvalue weighted by Gasteiger charge is -2.24. The Kier molecular flexibility index (Phi) is 8.32. The van der Waals surface area contributed by atoms with Crippen LogP contribution in [0.25, 0.3) is 21.5 Å². The quantitative estimate of drug-likeness (QED) is 0.248. The predicted molar refractivity (Wildman–Crippen MR) is 154 cm³/mol. The number of nitrogens with one attached hydrogen (secondary N) is 1. The summed E-state index contributed by atoms with van der Waals surface area (Å²) >= 11 is 0. The van der Waals surface area contributed by atoms with E-state index in [-0.39, 0.29) is 30.4 Å². The second-order valence-electron chi connectivity index (χ2n) is 10.5. The van der Waals surface area contributed by atoms with Crippen LogP contribution in [0.2, 0.25) is 0 Å². The van der Waals surface area contributed by atoms with E-state index in [0.717, 1.165) is 38.5 Å². The molecule has 0 spiro atoms. The molecule has 1 saturated carbocycles. The Balaban J connectivity index is 1.33. The van der Waals surface area contributed by atoms with Crippen LogP contribution < -0.4 is 5.32 Å². The molecular weight excluding hydrogens is 454 g/mol. The topological polar surface area (TPSA) is 49.3 Å². The fourth-order valence-corrected chi connectivity index (χ4v) is 5.61. The summed E-state index contributed by atoms with van der Waals surface area (Å²) in [6.45, 7) is 0.0720. The van der Waals surface area contributed by atoms with Gasteiger partial charge < -0.3 is 10.4 Å². The number of aliphatic hydroxyl groups is 1. The first-order valence-electron chi connectivity index (χ1n) is 13.7. The molecule has 3 nitrogen and oxygen atoms in total. The monoisotopic (exact) mass is 491 g/mol. The van der Waals surface area contributed by atoms with E-state index in [1.807, 2.05) is 0 Å². The highest BCUT2D eigenvalue weighted by Crippen LogP contribution is 2.25. The molecule has 1 aliphatic carbocycles. The standard InChI is InChI=1S/C34H37NO2/c36-24-27(20-25-14-17-28-8-4-6-12-31(28)21-25)16-19-33(35-34(37)30-10-2-1-3-11-30)23-26-15-18-29-9-5-7-13-32(29)22-26/h4-9,12-19,21-22,27,30,33,36H,1-3,10-11,20,23-24H2,(H,35,37)/b19-16+/t27?,33-/m0/s1. The van der Waals surface area contributed by atoms with Crippen molar-refractivity contribution in [2.45, 2.75) is 51.0 Å². The maximum Gasteiger partial charge on any atom is 0.223 e. The smallest absolute Gasteiger partial charge is 0.223 e. The first-order valence-corrected chi connectivity index (χ1v) is 13.7. The molecule has 1 aliphatic rings. The van der Waals surface area contributed by atoms with Gasteiger partial charge in [0, 0.05) is 18.4 Å². The van der Waals surface area contributed by atoms with Crippen LogP contribution in [-0.4, -0.2) is 23.7 Å². The molecule has 4 aromatic carbocycles. The zero-order chi connectivity index (χ0) is 25.5. The zero-order valence-corrected chi connectivity index (χ0v) is 21.5. The van der Waals surface area contributed by atoms with Crippen LogP contribution in [0.1, 0.15) is 43.2 Å². The summed E-state index contributed by atoms with van der Waals surface area (Å²) in [5, 5.41) is 18.4. The van der Waals surface area contributed by atoms with Gasteiger partial charge in [0.1, 0.15) is 0 Å². The minimum Gasteiger partial charge on any atom is -0.396 e. The minimum absolute atomic E-state index is 0.00755. The van der Waals surface area contributed by atoms with Gasteiger partial charge >= 0.3 is 0 Å². The first kappa shape index (κ1) is 25.2. The summed E-state index contributed by atoms with van der Waals surface area (Å²) in [5.74, 6) is 0.282. The number of benzene rings is 4. The molecule has 0 saturated heterocycles. The third kappa shape index (κ3) is 6.67. The number of rotatable bonds is 9. The average Bonchev–Trinajstić information content (AvgIpc) is 2.95. The molecule has 5 rings (SSSR count). The molecule has 2 N–H and O–H groups in total.